The Morgan fingerprint density at radius 3 is 2.89 bits per heavy atom. The van der Waals surface area contributed by atoms with Gasteiger partial charge in [0.1, 0.15) is 17.2 Å². The molecule has 0 atom stereocenters. The van der Waals surface area contributed by atoms with Gasteiger partial charge in [-0.3, -0.25) is 0 Å². The zero-order chi connectivity index (χ0) is 13.2. The van der Waals surface area contributed by atoms with Gasteiger partial charge in [-0.15, -0.1) is 11.6 Å². The molecule has 0 N–H and O–H groups in total. The number of nitrogens with zero attached hydrogens (tertiary/aromatic N) is 3. The van der Waals surface area contributed by atoms with Gasteiger partial charge in [-0.1, -0.05) is 12.1 Å². The van der Waals surface area contributed by atoms with Crippen LogP contribution in [0.3, 0.4) is 0 Å². The molecule has 2 aromatic heterocycles. The molecule has 0 aliphatic heterocycles. The lowest BCUT2D eigenvalue weighted by Crippen LogP contribution is -2.04. The third-order valence-corrected chi connectivity index (χ3v) is 3.17. The number of fused-ring (bicyclic) bond motifs is 1. The number of aromatic nitrogens is 3. The van der Waals surface area contributed by atoms with E-state index < -0.39 is 0 Å². The largest absolute Gasteiger partial charge is 0.307 e. The maximum absolute atomic E-state index is 13.2. The van der Waals surface area contributed by atoms with Crippen LogP contribution in [0.1, 0.15) is 11.4 Å². The summed E-state index contributed by atoms with van der Waals surface area (Å²) in [4.78, 5) is 8.74. The number of halogens is 2. The summed E-state index contributed by atoms with van der Waals surface area (Å²) in [7, 11) is 0. The van der Waals surface area contributed by atoms with Gasteiger partial charge in [-0.25, -0.2) is 14.4 Å². The SMILES string of the molecule is Fc1cccc(Cn2c(CCl)nc3cccnc32)c1. The lowest BCUT2D eigenvalue weighted by Gasteiger charge is -2.07. The second kappa shape index (κ2) is 4.97. The summed E-state index contributed by atoms with van der Waals surface area (Å²) in [5, 5.41) is 0. The van der Waals surface area contributed by atoms with Gasteiger partial charge >= 0.3 is 0 Å². The molecule has 5 heteroatoms. The first-order valence-corrected chi connectivity index (χ1v) is 6.42. The van der Waals surface area contributed by atoms with Crippen LogP contribution in [0.2, 0.25) is 0 Å². The molecule has 0 amide bonds. The van der Waals surface area contributed by atoms with Crippen molar-refractivity contribution in [3.63, 3.8) is 0 Å². The molecule has 1 aromatic carbocycles. The predicted molar refractivity (Wildman–Crippen MR) is 72.6 cm³/mol. The molecule has 96 valence electrons. The van der Waals surface area contributed by atoms with Gasteiger partial charge in [0.25, 0.3) is 0 Å². The number of rotatable bonds is 3. The van der Waals surface area contributed by atoms with Crippen LogP contribution in [-0.4, -0.2) is 14.5 Å². The Bertz CT molecular complexity index is 724. The summed E-state index contributed by atoms with van der Waals surface area (Å²) in [6.07, 6.45) is 1.71. The molecule has 0 bridgehead atoms. The van der Waals surface area contributed by atoms with Gasteiger partial charge in [0, 0.05) is 6.20 Å². The third-order valence-electron chi connectivity index (χ3n) is 2.93. The molecule has 0 spiro atoms. The summed E-state index contributed by atoms with van der Waals surface area (Å²) in [6, 6.07) is 10.2. The molecule has 2 heterocycles. The minimum absolute atomic E-state index is 0.248. The van der Waals surface area contributed by atoms with Crippen LogP contribution >= 0.6 is 11.6 Å². The van der Waals surface area contributed by atoms with Crippen molar-refractivity contribution in [2.75, 3.05) is 0 Å². The number of imidazole rings is 1. The number of hydrogen-bond acceptors (Lipinski definition) is 2. The molecule has 0 unspecified atom stereocenters. The van der Waals surface area contributed by atoms with Crippen LogP contribution in [0.25, 0.3) is 11.2 Å². The topological polar surface area (TPSA) is 30.7 Å². The summed E-state index contributed by atoms with van der Waals surface area (Å²) >= 11 is 5.92. The smallest absolute Gasteiger partial charge is 0.160 e. The first-order valence-electron chi connectivity index (χ1n) is 5.88. The highest BCUT2D eigenvalue weighted by Crippen LogP contribution is 2.17. The molecule has 3 rings (SSSR count). The lowest BCUT2D eigenvalue weighted by atomic mass is 10.2. The second-order valence-electron chi connectivity index (χ2n) is 4.22. The zero-order valence-electron chi connectivity index (χ0n) is 10.1. The predicted octanol–water partition coefficient (Wildman–Crippen LogP) is 3.36. The number of hydrogen-bond donors (Lipinski definition) is 0. The normalized spacial score (nSPS) is 11.1. The summed E-state index contributed by atoms with van der Waals surface area (Å²) < 4.78 is 15.1. The Balaban J connectivity index is 2.08. The summed E-state index contributed by atoms with van der Waals surface area (Å²) in [5.74, 6) is 0.785. The van der Waals surface area contributed by atoms with Crippen molar-refractivity contribution >= 4 is 22.8 Å². The zero-order valence-corrected chi connectivity index (χ0v) is 10.8. The van der Waals surface area contributed by atoms with Crippen LogP contribution in [0.5, 0.6) is 0 Å². The molecule has 0 saturated carbocycles. The number of alkyl halides is 1. The highest BCUT2D eigenvalue weighted by Gasteiger charge is 2.11. The van der Waals surface area contributed by atoms with Crippen molar-refractivity contribution in [1.29, 1.82) is 0 Å². The second-order valence-corrected chi connectivity index (χ2v) is 4.49. The quantitative estimate of drug-likeness (QED) is 0.686. The van der Waals surface area contributed by atoms with Crippen molar-refractivity contribution in [2.24, 2.45) is 0 Å². The standard InChI is InChI=1S/C14H11ClFN3/c15-8-13-18-12-5-2-6-17-14(12)19(13)9-10-3-1-4-11(16)7-10/h1-7H,8-9H2. The van der Waals surface area contributed by atoms with Crippen molar-refractivity contribution in [1.82, 2.24) is 14.5 Å². The molecule has 0 saturated heterocycles. The van der Waals surface area contributed by atoms with Gasteiger partial charge < -0.3 is 4.57 Å². The van der Waals surface area contributed by atoms with Gasteiger partial charge in [0.05, 0.1) is 12.4 Å². The first kappa shape index (κ1) is 12.1. The highest BCUT2D eigenvalue weighted by atomic mass is 35.5. The summed E-state index contributed by atoms with van der Waals surface area (Å²) in [5.41, 5.74) is 2.42. The molecular formula is C14H11ClFN3. The fraction of sp³-hybridized carbons (Fsp3) is 0.143. The van der Waals surface area contributed by atoms with E-state index in [9.17, 15) is 4.39 Å². The Labute approximate surface area is 114 Å². The molecule has 0 fully saturated rings. The molecule has 3 nitrogen and oxygen atoms in total. The van der Waals surface area contributed by atoms with Crippen molar-refractivity contribution in [3.05, 3.63) is 59.8 Å². The molecule has 0 radical (unpaired) electrons. The van der Waals surface area contributed by atoms with Gasteiger partial charge in [0.2, 0.25) is 0 Å². The van der Waals surface area contributed by atoms with Crippen LogP contribution in [0.4, 0.5) is 4.39 Å². The Morgan fingerprint density at radius 1 is 1.21 bits per heavy atom. The van der Waals surface area contributed by atoms with Crippen LogP contribution in [0.15, 0.2) is 42.6 Å². The van der Waals surface area contributed by atoms with E-state index in [1.807, 2.05) is 22.8 Å². The fourth-order valence-corrected chi connectivity index (χ4v) is 2.30. The fourth-order valence-electron chi connectivity index (χ4n) is 2.09. The third kappa shape index (κ3) is 2.31. The molecular weight excluding hydrogens is 265 g/mol. The van der Waals surface area contributed by atoms with E-state index in [1.54, 1.807) is 12.3 Å². The monoisotopic (exact) mass is 275 g/mol. The number of pyridine rings is 1. The average Bonchev–Trinajstić information content (AvgIpc) is 2.77. The van der Waals surface area contributed by atoms with Crippen LogP contribution in [-0.2, 0) is 12.4 Å². The Morgan fingerprint density at radius 2 is 2.11 bits per heavy atom. The van der Waals surface area contributed by atoms with E-state index in [4.69, 9.17) is 11.6 Å². The van der Waals surface area contributed by atoms with Crippen molar-refractivity contribution in [2.45, 2.75) is 12.4 Å². The Kier molecular flexibility index (Phi) is 3.17. The van der Waals surface area contributed by atoms with E-state index in [1.165, 1.54) is 12.1 Å². The van der Waals surface area contributed by atoms with E-state index in [0.717, 1.165) is 22.6 Å². The van der Waals surface area contributed by atoms with Crippen LogP contribution in [0, 0.1) is 5.82 Å². The lowest BCUT2D eigenvalue weighted by molar-refractivity contribution is 0.623. The van der Waals surface area contributed by atoms with E-state index >= 15 is 0 Å². The van der Waals surface area contributed by atoms with E-state index in [0.29, 0.717) is 12.4 Å². The van der Waals surface area contributed by atoms with Gasteiger partial charge in [-0.2, -0.15) is 0 Å². The van der Waals surface area contributed by atoms with Crippen molar-refractivity contribution in [3.8, 4) is 0 Å². The van der Waals surface area contributed by atoms with Crippen LogP contribution < -0.4 is 0 Å². The first-order chi connectivity index (χ1) is 9.28. The highest BCUT2D eigenvalue weighted by molar-refractivity contribution is 6.16. The number of benzene rings is 1. The maximum Gasteiger partial charge on any atom is 0.160 e. The minimum Gasteiger partial charge on any atom is -0.307 e. The average molecular weight is 276 g/mol. The summed E-state index contributed by atoms with van der Waals surface area (Å²) in [6.45, 7) is 0.507. The minimum atomic E-state index is -0.248. The van der Waals surface area contributed by atoms with E-state index in [-0.39, 0.29) is 5.82 Å². The molecule has 3 aromatic rings. The molecule has 19 heavy (non-hydrogen) atoms. The molecule has 0 aliphatic carbocycles. The van der Waals surface area contributed by atoms with E-state index in [2.05, 4.69) is 9.97 Å². The van der Waals surface area contributed by atoms with Gasteiger partial charge in [-0.05, 0) is 29.8 Å². The maximum atomic E-state index is 13.2. The van der Waals surface area contributed by atoms with Gasteiger partial charge in [0.15, 0.2) is 5.65 Å². The Hall–Kier alpha value is -1.94. The van der Waals surface area contributed by atoms with Crippen molar-refractivity contribution < 1.29 is 4.39 Å². The molecule has 0 aliphatic rings.